The molecule has 0 aliphatic carbocycles. The summed E-state index contributed by atoms with van der Waals surface area (Å²) in [5.41, 5.74) is 0.868. The van der Waals surface area contributed by atoms with E-state index >= 15 is 0 Å². The highest BCUT2D eigenvalue weighted by atomic mass is 35.5. The molecule has 4 rings (SSSR count). The molecular weight excluding hydrogens is 471 g/mol. The summed E-state index contributed by atoms with van der Waals surface area (Å²) in [5.74, 6) is 0.338. The largest absolute Gasteiger partial charge is 0.496 e. The molecule has 0 amide bonds. The van der Waals surface area contributed by atoms with Crippen LogP contribution in [-0.4, -0.2) is 50.7 Å². The minimum absolute atomic E-state index is 0.198. The molecule has 6 nitrogen and oxygen atoms in total. The Hall–Kier alpha value is -1.58. The van der Waals surface area contributed by atoms with Crippen molar-refractivity contribution >= 4 is 45.6 Å². The van der Waals surface area contributed by atoms with Crippen LogP contribution in [0.2, 0.25) is 5.02 Å². The fourth-order valence-electron chi connectivity index (χ4n) is 4.52. The summed E-state index contributed by atoms with van der Waals surface area (Å²) in [7, 11) is -2.89. The van der Waals surface area contributed by atoms with E-state index in [9.17, 15) is 8.42 Å². The van der Waals surface area contributed by atoms with Crippen LogP contribution in [0.4, 0.5) is 11.4 Å². The molecule has 2 aliphatic rings. The summed E-state index contributed by atoms with van der Waals surface area (Å²) < 4.78 is 41.7. The molecule has 184 valence electrons. The zero-order valence-corrected chi connectivity index (χ0v) is 22.6. The molecule has 2 aromatic rings. The molecule has 0 spiro atoms. The van der Waals surface area contributed by atoms with Crippen molar-refractivity contribution in [1.82, 2.24) is 4.31 Å². The zero-order valence-electron chi connectivity index (χ0n) is 21.0. The standard InChI is InChI=1S/C25H34BClN2O4S/c1-17(2)13-19-16-29(18-11-9-8-10-12-18)22-15-21(27)20(14-23(22)34(30,31)28(19)7)26-32-24(3,4)25(5,6)33-26/h8-12,14-15,17,19H,13,16H2,1-7H3/t19-/m1/s1. The number of likely N-dealkylation sites (N-methyl/N-ethyl adjacent to an activating group) is 1. The van der Waals surface area contributed by atoms with E-state index in [-0.39, 0.29) is 10.9 Å². The van der Waals surface area contributed by atoms with Crippen molar-refractivity contribution < 1.29 is 17.7 Å². The van der Waals surface area contributed by atoms with Gasteiger partial charge in [0.25, 0.3) is 0 Å². The van der Waals surface area contributed by atoms with Crippen molar-refractivity contribution in [3.63, 3.8) is 0 Å². The summed E-state index contributed by atoms with van der Waals surface area (Å²) in [6.07, 6.45) is 0.741. The maximum Gasteiger partial charge on any atom is 0.496 e. The first-order valence-corrected chi connectivity index (χ1v) is 13.6. The van der Waals surface area contributed by atoms with Gasteiger partial charge in [0.1, 0.15) is 4.90 Å². The molecule has 0 bridgehead atoms. The second kappa shape index (κ2) is 8.82. The predicted octanol–water partition coefficient (Wildman–Crippen LogP) is 4.83. The molecule has 1 fully saturated rings. The van der Waals surface area contributed by atoms with Crippen LogP contribution >= 0.6 is 11.6 Å². The Kier molecular flexibility index (Phi) is 6.62. The number of rotatable bonds is 4. The highest BCUT2D eigenvalue weighted by Gasteiger charge is 2.53. The third-order valence-electron chi connectivity index (χ3n) is 7.25. The Morgan fingerprint density at radius 1 is 1.09 bits per heavy atom. The minimum atomic E-state index is -3.80. The molecule has 0 saturated carbocycles. The summed E-state index contributed by atoms with van der Waals surface area (Å²) in [4.78, 5) is 2.27. The predicted molar refractivity (Wildman–Crippen MR) is 139 cm³/mol. The lowest BCUT2D eigenvalue weighted by Crippen LogP contribution is -2.41. The van der Waals surface area contributed by atoms with E-state index in [1.54, 1.807) is 19.2 Å². The van der Waals surface area contributed by atoms with Gasteiger partial charge in [0.05, 0.1) is 16.9 Å². The normalized spacial score (nSPS) is 23.7. The van der Waals surface area contributed by atoms with Gasteiger partial charge in [-0.15, -0.1) is 0 Å². The quantitative estimate of drug-likeness (QED) is 0.558. The lowest BCUT2D eigenvalue weighted by molar-refractivity contribution is 0.00578. The van der Waals surface area contributed by atoms with Crippen LogP contribution < -0.4 is 10.4 Å². The fourth-order valence-corrected chi connectivity index (χ4v) is 6.33. The smallest absolute Gasteiger partial charge is 0.399 e. The summed E-state index contributed by atoms with van der Waals surface area (Å²) in [6.45, 7) is 12.6. The SMILES string of the molecule is CC(C)C[C@@H]1CN(c2ccccc2)c2cc(Cl)c(B3OC(C)(C)C(C)(C)O3)cc2S(=O)(=O)N1C. The van der Waals surface area contributed by atoms with Crippen LogP contribution in [0.3, 0.4) is 0 Å². The molecule has 0 unspecified atom stereocenters. The van der Waals surface area contributed by atoms with E-state index in [1.807, 2.05) is 58.0 Å². The number of hydrogen-bond donors (Lipinski definition) is 0. The van der Waals surface area contributed by atoms with Crippen LogP contribution in [0.1, 0.15) is 48.0 Å². The Bertz CT molecular complexity index is 1150. The van der Waals surface area contributed by atoms with Crippen LogP contribution in [0.25, 0.3) is 0 Å². The lowest BCUT2D eigenvalue weighted by atomic mass is 9.79. The summed E-state index contributed by atoms with van der Waals surface area (Å²) in [6, 6.07) is 13.0. The van der Waals surface area contributed by atoms with Crippen LogP contribution in [0.15, 0.2) is 47.4 Å². The van der Waals surface area contributed by atoms with Crippen LogP contribution in [-0.2, 0) is 19.3 Å². The van der Waals surface area contributed by atoms with Gasteiger partial charge < -0.3 is 14.2 Å². The van der Waals surface area contributed by atoms with E-state index in [0.717, 1.165) is 12.1 Å². The third-order valence-corrected chi connectivity index (χ3v) is 9.52. The van der Waals surface area contributed by atoms with E-state index in [0.29, 0.717) is 28.6 Å². The molecule has 2 heterocycles. The Morgan fingerprint density at radius 3 is 2.24 bits per heavy atom. The first kappa shape index (κ1) is 25.5. The minimum Gasteiger partial charge on any atom is -0.399 e. The zero-order chi connectivity index (χ0) is 25.1. The summed E-state index contributed by atoms with van der Waals surface area (Å²) in [5, 5.41) is 0.415. The van der Waals surface area contributed by atoms with Crippen molar-refractivity contribution in [3.8, 4) is 0 Å². The summed E-state index contributed by atoms with van der Waals surface area (Å²) >= 11 is 6.79. The monoisotopic (exact) mass is 504 g/mol. The molecule has 0 N–H and O–H groups in total. The Morgan fingerprint density at radius 2 is 1.68 bits per heavy atom. The molecule has 2 aromatic carbocycles. The molecule has 1 saturated heterocycles. The first-order chi connectivity index (χ1) is 15.7. The number of para-hydroxylation sites is 1. The van der Waals surface area contributed by atoms with Crippen molar-refractivity contribution in [2.75, 3.05) is 18.5 Å². The van der Waals surface area contributed by atoms with Gasteiger partial charge in [0.2, 0.25) is 10.0 Å². The molecule has 34 heavy (non-hydrogen) atoms. The average molecular weight is 505 g/mol. The van der Waals surface area contributed by atoms with E-state index in [4.69, 9.17) is 20.9 Å². The van der Waals surface area contributed by atoms with Crippen LogP contribution in [0.5, 0.6) is 0 Å². The van der Waals surface area contributed by atoms with Gasteiger partial charge in [-0.25, -0.2) is 8.42 Å². The van der Waals surface area contributed by atoms with Gasteiger partial charge in [0.15, 0.2) is 0 Å². The Labute approximate surface area is 209 Å². The Balaban J connectivity index is 1.89. The van der Waals surface area contributed by atoms with Gasteiger partial charge in [-0.1, -0.05) is 43.6 Å². The van der Waals surface area contributed by atoms with Crippen molar-refractivity contribution in [2.45, 2.75) is 70.1 Å². The molecular formula is C25H34BClN2O4S. The van der Waals surface area contributed by atoms with Gasteiger partial charge in [-0.3, -0.25) is 0 Å². The van der Waals surface area contributed by atoms with Gasteiger partial charge in [0, 0.05) is 35.8 Å². The molecule has 0 radical (unpaired) electrons. The second-order valence-electron chi connectivity index (χ2n) is 10.7. The van der Waals surface area contributed by atoms with Gasteiger partial charge in [-0.05, 0) is 64.3 Å². The number of nitrogens with zero attached hydrogens (tertiary/aromatic N) is 2. The number of fused-ring (bicyclic) bond motifs is 1. The number of anilines is 2. The van der Waals surface area contributed by atoms with E-state index < -0.39 is 28.3 Å². The maximum absolute atomic E-state index is 13.9. The van der Waals surface area contributed by atoms with E-state index in [1.165, 1.54) is 4.31 Å². The lowest BCUT2D eigenvalue weighted by Gasteiger charge is -2.32. The highest BCUT2D eigenvalue weighted by Crippen LogP contribution is 2.41. The first-order valence-electron chi connectivity index (χ1n) is 11.7. The number of sulfonamides is 1. The van der Waals surface area contributed by atoms with Crippen molar-refractivity contribution in [3.05, 3.63) is 47.5 Å². The topological polar surface area (TPSA) is 59.1 Å². The van der Waals surface area contributed by atoms with Crippen molar-refractivity contribution in [1.29, 1.82) is 0 Å². The van der Waals surface area contributed by atoms with Crippen LogP contribution in [0, 0.1) is 5.92 Å². The highest BCUT2D eigenvalue weighted by molar-refractivity contribution is 7.89. The number of benzene rings is 2. The molecule has 1 atom stereocenters. The molecule has 9 heteroatoms. The van der Waals surface area contributed by atoms with Gasteiger partial charge in [-0.2, -0.15) is 4.31 Å². The maximum atomic E-state index is 13.9. The second-order valence-corrected chi connectivity index (χ2v) is 13.1. The number of hydrogen-bond acceptors (Lipinski definition) is 5. The van der Waals surface area contributed by atoms with E-state index in [2.05, 4.69) is 18.7 Å². The van der Waals surface area contributed by atoms with Gasteiger partial charge >= 0.3 is 7.12 Å². The van der Waals surface area contributed by atoms with Crippen molar-refractivity contribution in [2.24, 2.45) is 5.92 Å². The fraction of sp³-hybridized carbons (Fsp3) is 0.520. The molecule has 0 aromatic heterocycles. The molecule has 2 aliphatic heterocycles. The number of halogens is 1. The third kappa shape index (κ3) is 4.39. The average Bonchev–Trinajstić information content (AvgIpc) is 2.92.